The van der Waals surface area contributed by atoms with Gasteiger partial charge in [-0.3, -0.25) is 4.90 Å². The average Bonchev–Trinajstić information content (AvgIpc) is 2.40. The van der Waals surface area contributed by atoms with Gasteiger partial charge in [0.15, 0.2) is 0 Å². The minimum atomic E-state index is 0.672. The Morgan fingerprint density at radius 1 is 1.11 bits per heavy atom. The molecule has 0 amide bonds. The lowest BCUT2D eigenvalue weighted by molar-refractivity contribution is 0.193. The largest absolute Gasteiger partial charge is 0.298 e. The monoisotopic (exact) mass is 309 g/mol. The average molecular weight is 310 g/mol. The van der Waals surface area contributed by atoms with Gasteiger partial charge in [0.25, 0.3) is 0 Å². The van der Waals surface area contributed by atoms with Crippen LogP contribution >= 0.6 is 15.9 Å². The Hall–Kier alpha value is -0.340. The molecule has 1 aliphatic rings. The first-order valence-corrected chi connectivity index (χ1v) is 8.04. The van der Waals surface area contributed by atoms with Crippen LogP contribution in [0.25, 0.3) is 0 Å². The molecule has 2 unspecified atom stereocenters. The van der Waals surface area contributed by atoms with Gasteiger partial charge in [-0.05, 0) is 37.4 Å². The zero-order valence-electron chi connectivity index (χ0n) is 11.5. The molecule has 0 aliphatic heterocycles. The third-order valence-corrected chi connectivity index (χ3v) is 5.14. The van der Waals surface area contributed by atoms with Crippen molar-refractivity contribution in [3.8, 4) is 0 Å². The van der Waals surface area contributed by atoms with Crippen molar-refractivity contribution < 1.29 is 0 Å². The Balaban J connectivity index is 1.94. The summed E-state index contributed by atoms with van der Waals surface area (Å²) in [6.45, 7) is 3.27. The molecule has 0 N–H and O–H groups in total. The van der Waals surface area contributed by atoms with E-state index in [0.29, 0.717) is 10.9 Å². The van der Waals surface area contributed by atoms with Crippen LogP contribution in [0.15, 0.2) is 24.3 Å². The maximum atomic E-state index is 3.85. The second-order valence-electron chi connectivity index (χ2n) is 5.45. The summed E-state index contributed by atoms with van der Waals surface area (Å²) in [4.78, 5) is 3.19. The van der Waals surface area contributed by atoms with E-state index in [9.17, 15) is 0 Å². The summed E-state index contributed by atoms with van der Waals surface area (Å²) < 4.78 is 0. The minimum absolute atomic E-state index is 0.672. The van der Waals surface area contributed by atoms with Crippen molar-refractivity contribution in [1.29, 1.82) is 0 Å². The van der Waals surface area contributed by atoms with Crippen LogP contribution in [0.5, 0.6) is 0 Å². The van der Waals surface area contributed by atoms with Gasteiger partial charge in [-0.15, -0.1) is 0 Å². The maximum Gasteiger partial charge on any atom is 0.0301 e. The summed E-state index contributed by atoms with van der Waals surface area (Å²) in [5.74, 6) is 0. The van der Waals surface area contributed by atoms with Gasteiger partial charge in [-0.25, -0.2) is 0 Å². The highest BCUT2D eigenvalue weighted by Crippen LogP contribution is 2.28. The van der Waals surface area contributed by atoms with Gasteiger partial charge in [0, 0.05) is 17.4 Å². The summed E-state index contributed by atoms with van der Waals surface area (Å²) in [6.07, 6.45) is 6.54. The van der Waals surface area contributed by atoms with Crippen LogP contribution in [0.4, 0.5) is 0 Å². The first-order chi connectivity index (χ1) is 8.70. The highest BCUT2D eigenvalue weighted by atomic mass is 79.9. The molecule has 18 heavy (non-hydrogen) atoms. The molecule has 1 nitrogen and oxygen atoms in total. The number of aryl methyl sites for hydroxylation is 1. The fraction of sp³-hybridized carbons (Fsp3) is 0.625. The van der Waals surface area contributed by atoms with E-state index in [1.807, 2.05) is 0 Å². The van der Waals surface area contributed by atoms with Gasteiger partial charge < -0.3 is 0 Å². The van der Waals surface area contributed by atoms with Crippen LogP contribution in [-0.4, -0.2) is 22.8 Å². The molecule has 2 rings (SSSR count). The SMILES string of the molecule is CCc1ccc(CN(C)C2CCCCC2Br)cc1. The Morgan fingerprint density at radius 2 is 1.72 bits per heavy atom. The first kappa shape index (κ1) is 14.1. The topological polar surface area (TPSA) is 3.24 Å². The van der Waals surface area contributed by atoms with Crippen molar-refractivity contribution >= 4 is 15.9 Å². The molecular weight excluding hydrogens is 286 g/mol. The quantitative estimate of drug-likeness (QED) is 0.746. The van der Waals surface area contributed by atoms with E-state index in [-0.39, 0.29) is 0 Å². The van der Waals surface area contributed by atoms with E-state index < -0.39 is 0 Å². The van der Waals surface area contributed by atoms with Gasteiger partial charge in [-0.2, -0.15) is 0 Å². The highest BCUT2D eigenvalue weighted by Gasteiger charge is 2.25. The fourth-order valence-corrected chi connectivity index (χ4v) is 3.84. The van der Waals surface area contributed by atoms with Crippen LogP contribution in [0, 0.1) is 0 Å². The molecular formula is C16H24BrN. The zero-order valence-corrected chi connectivity index (χ0v) is 13.1. The molecule has 100 valence electrons. The second kappa shape index (κ2) is 6.72. The van der Waals surface area contributed by atoms with Crippen LogP contribution < -0.4 is 0 Å². The zero-order chi connectivity index (χ0) is 13.0. The van der Waals surface area contributed by atoms with E-state index in [1.165, 1.54) is 36.8 Å². The molecule has 0 spiro atoms. The van der Waals surface area contributed by atoms with E-state index in [0.717, 1.165) is 13.0 Å². The van der Waals surface area contributed by atoms with E-state index in [2.05, 4.69) is 59.1 Å². The van der Waals surface area contributed by atoms with E-state index in [1.54, 1.807) is 0 Å². The van der Waals surface area contributed by atoms with Gasteiger partial charge >= 0.3 is 0 Å². The number of alkyl halides is 1. The minimum Gasteiger partial charge on any atom is -0.298 e. The Morgan fingerprint density at radius 3 is 2.33 bits per heavy atom. The summed E-state index contributed by atoms with van der Waals surface area (Å²) >= 11 is 3.85. The second-order valence-corrected chi connectivity index (χ2v) is 6.63. The summed E-state index contributed by atoms with van der Waals surface area (Å²) in [5.41, 5.74) is 2.86. The Labute approximate surface area is 120 Å². The van der Waals surface area contributed by atoms with Crippen LogP contribution in [-0.2, 0) is 13.0 Å². The normalized spacial score (nSPS) is 24.4. The summed E-state index contributed by atoms with van der Waals surface area (Å²) in [6, 6.07) is 9.78. The van der Waals surface area contributed by atoms with E-state index in [4.69, 9.17) is 0 Å². The number of hydrogen-bond donors (Lipinski definition) is 0. The van der Waals surface area contributed by atoms with Crippen molar-refractivity contribution in [3.05, 3.63) is 35.4 Å². The van der Waals surface area contributed by atoms with Crippen molar-refractivity contribution in [2.75, 3.05) is 7.05 Å². The van der Waals surface area contributed by atoms with Gasteiger partial charge in [-0.1, -0.05) is 60.0 Å². The molecule has 2 atom stereocenters. The molecule has 1 aromatic rings. The number of rotatable bonds is 4. The Bertz CT molecular complexity index is 360. The standard InChI is InChI=1S/C16H24BrN/c1-3-13-8-10-14(11-9-13)12-18(2)16-7-5-4-6-15(16)17/h8-11,15-16H,3-7,12H2,1-2H3. The highest BCUT2D eigenvalue weighted by molar-refractivity contribution is 9.09. The molecule has 1 aromatic carbocycles. The summed E-state index contributed by atoms with van der Waals surface area (Å²) in [7, 11) is 2.26. The molecule has 0 radical (unpaired) electrons. The van der Waals surface area contributed by atoms with Crippen LogP contribution in [0.1, 0.15) is 43.7 Å². The third kappa shape index (κ3) is 3.58. The lowest BCUT2D eigenvalue weighted by atomic mass is 9.94. The number of benzene rings is 1. The molecule has 1 fully saturated rings. The number of nitrogens with zero attached hydrogens (tertiary/aromatic N) is 1. The molecule has 2 heteroatoms. The van der Waals surface area contributed by atoms with Gasteiger partial charge in [0.2, 0.25) is 0 Å². The molecule has 0 saturated heterocycles. The first-order valence-electron chi connectivity index (χ1n) is 7.13. The predicted molar refractivity (Wildman–Crippen MR) is 82.3 cm³/mol. The fourth-order valence-electron chi connectivity index (χ4n) is 2.85. The smallest absolute Gasteiger partial charge is 0.0301 e. The number of hydrogen-bond acceptors (Lipinski definition) is 1. The van der Waals surface area contributed by atoms with Crippen molar-refractivity contribution in [1.82, 2.24) is 4.90 Å². The van der Waals surface area contributed by atoms with Crippen LogP contribution in [0.2, 0.25) is 0 Å². The third-order valence-electron chi connectivity index (χ3n) is 4.08. The predicted octanol–water partition coefficient (Wildman–Crippen LogP) is 4.39. The molecule has 1 aliphatic carbocycles. The molecule has 0 heterocycles. The Kier molecular flexibility index (Phi) is 5.25. The van der Waals surface area contributed by atoms with Crippen molar-refractivity contribution in [3.63, 3.8) is 0 Å². The van der Waals surface area contributed by atoms with E-state index >= 15 is 0 Å². The van der Waals surface area contributed by atoms with Gasteiger partial charge in [0.05, 0.1) is 0 Å². The summed E-state index contributed by atoms with van der Waals surface area (Å²) in [5, 5.41) is 0. The van der Waals surface area contributed by atoms with Gasteiger partial charge in [0.1, 0.15) is 0 Å². The molecule has 0 aromatic heterocycles. The maximum absolute atomic E-state index is 3.85. The van der Waals surface area contributed by atoms with Crippen molar-refractivity contribution in [2.24, 2.45) is 0 Å². The molecule has 1 saturated carbocycles. The lowest BCUT2D eigenvalue weighted by Crippen LogP contribution is -2.40. The lowest BCUT2D eigenvalue weighted by Gasteiger charge is -2.35. The number of halogens is 1. The van der Waals surface area contributed by atoms with Crippen LogP contribution in [0.3, 0.4) is 0 Å². The van der Waals surface area contributed by atoms with Crippen molar-refractivity contribution in [2.45, 2.75) is 56.4 Å². The molecule has 0 bridgehead atoms.